The number of aliphatic carboxylic acids is 1. The number of hydrogen-bond acceptors (Lipinski definition) is 5. The molecule has 1 rings (SSSR count). The normalized spacial score (nSPS) is 12.4. The Morgan fingerprint density at radius 2 is 2.15 bits per heavy atom. The zero-order valence-electron chi connectivity index (χ0n) is 11.2. The number of benzene rings is 1. The lowest BCUT2D eigenvalue weighted by molar-refractivity contribution is -0.140. The van der Waals surface area contributed by atoms with E-state index in [-0.39, 0.29) is 5.75 Å². The average Bonchev–Trinajstić information content (AvgIpc) is 2.37. The molecule has 1 aromatic carbocycles. The van der Waals surface area contributed by atoms with Crippen molar-refractivity contribution in [3.8, 4) is 11.8 Å². The monoisotopic (exact) mass is 297 g/mol. The first kappa shape index (κ1) is 16.0. The molecule has 0 aliphatic heterocycles. The van der Waals surface area contributed by atoms with Crippen LogP contribution in [0.15, 0.2) is 18.2 Å². The van der Waals surface area contributed by atoms with Crippen molar-refractivity contribution in [2.45, 2.75) is 12.7 Å². The lowest BCUT2D eigenvalue weighted by Crippen LogP contribution is -2.22. The van der Waals surface area contributed by atoms with Crippen molar-refractivity contribution in [2.24, 2.45) is 5.92 Å². The second-order valence-electron chi connectivity index (χ2n) is 4.43. The minimum Gasteiger partial charge on any atom is -0.496 e. The number of carboxylic acids is 1. The molecule has 0 amide bonds. The Morgan fingerprint density at radius 3 is 2.65 bits per heavy atom. The van der Waals surface area contributed by atoms with E-state index >= 15 is 0 Å². The topological polar surface area (TPSA) is 104 Å². The smallest absolute Gasteiger partial charge is 0.307 e. The minimum absolute atomic E-state index is 0.322. The van der Waals surface area contributed by atoms with Gasteiger partial charge in [-0.25, -0.2) is 8.42 Å². The minimum atomic E-state index is -3.61. The molecule has 0 aliphatic rings. The van der Waals surface area contributed by atoms with Crippen LogP contribution in [0.4, 0.5) is 0 Å². The van der Waals surface area contributed by atoms with E-state index in [0.717, 1.165) is 0 Å². The maximum absolute atomic E-state index is 12.0. The quantitative estimate of drug-likeness (QED) is 0.846. The Bertz CT molecular complexity index is 645. The zero-order valence-corrected chi connectivity index (χ0v) is 12.0. The number of methoxy groups -OCH3 is 1. The van der Waals surface area contributed by atoms with E-state index in [4.69, 9.17) is 15.1 Å². The van der Waals surface area contributed by atoms with Crippen LogP contribution in [-0.2, 0) is 20.4 Å². The van der Waals surface area contributed by atoms with Crippen LogP contribution in [0, 0.1) is 17.2 Å². The molecule has 7 heteroatoms. The molecule has 20 heavy (non-hydrogen) atoms. The van der Waals surface area contributed by atoms with Gasteiger partial charge in [-0.15, -0.1) is 0 Å². The van der Waals surface area contributed by atoms with Gasteiger partial charge in [0.2, 0.25) is 0 Å². The molecule has 1 unspecified atom stereocenters. The highest BCUT2D eigenvalue weighted by molar-refractivity contribution is 7.90. The molecule has 0 radical (unpaired) electrons. The molecule has 1 aromatic rings. The van der Waals surface area contributed by atoms with Gasteiger partial charge in [-0.3, -0.25) is 4.79 Å². The average molecular weight is 297 g/mol. The fourth-order valence-electron chi connectivity index (χ4n) is 1.71. The summed E-state index contributed by atoms with van der Waals surface area (Å²) >= 11 is 0. The summed E-state index contributed by atoms with van der Waals surface area (Å²) in [4.78, 5) is 10.7. The van der Waals surface area contributed by atoms with Crippen LogP contribution in [0.1, 0.15) is 18.1 Å². The number of hydrogen-bond donors (Lipinski definition) is 1. The number of nitriles is 1. The zero-order chi connectivity index (χ0) is 15.3. The second kappa shape index (κ2) is 6.39. The molecule has 6 nitrogen and oxygen atoms in total. The highest BCUT2D eigenvalue weighted by Crippen LogP contribution is 2.23. The maximum atomic E-state index is 12.0. The molecular formula is C13H15NO5S. The van der Waals surface area contributed by atoms with Crippen LogP contribution < -0.4 is 4.74 Å². The number of ether oxygens (including phenoxy) is 1. The number of carbonyl (C=O) groups is 1. The van der Waals surface area contributed by atoms with E-state index in [1.54, 1.807) is 0 Å². The van der Waals surface area contributed by atoms with Gasteiger partial charge in [0.1, 0.15) is 5.75 Å². The molecule has 0 bridgehead atoms. The number of sulfone groups is 1. The van der Waals surface area contributed by atoms with Crippen molar-refractivity contribution in [1.29, 1.82) is 5.26 Å². The Morgan fingerprint density at radius 1 is 1.50 bits per heavy atom. The third-order valence-electron chi connectivity index (χ3n) is 2.71. The largest absolute Gasteiger partial charge is 0.496 e. The van der Waals surface area contributed by atoms with Gasteiger partial charge in [0.15, 0.2) is 9.84 Å². The Hall–Kier alpha value is -2.07. The predicted octanol–water partition coefficient (Wildman–Crippen LogP) is 1.20. The fraction of sp³-hybridized carbons (Fsp3) is 0.385. The highest BCUT2D eigenvalue weighted by Gasteiger charge is 2.22. The van der Waals surface area contributed by atoms with Gasteiger partial charge in [-0.2, -0.15) is 5.26 Å². The van der Waals surface area contributed by atoms with E-state index in [9.17, 15) is 13.2 Å². The SMILES string of the molecule is COc1ccc(C#N)cc1CS(=O)(=O)CC(C)C(=O)O. The third-order valence-corrected chi connectivity index (χ3v) is 4.47. The summed E-state index contributed by atoms with van der Waals surface area (Å²) in [6.07, 6.45) is 0. The molecule has 1 N–H and O–H groups in total. The summed E-state index contributed by atoms with van der Waals surface area (Å²) in [5.74, 6) is -2.60. The van der Waals surface area contributed by atoms with Crippen molar-refractivity contribution in [2.75, 3.05) is 12.9 Å². The van der Waals surface area contributed by atoms with E-state index < -0.39 is 27.5 Å². The van der Waals surface area contributed by atoms with Crippen molar-refractivity contribution in [3.63, 3.8) is 0 Å². The summed E-state index contributed by atoms with van der Waals surface area (Å²) in [6.45, 7) is 1.34. The lowest BCUT2D eigenvalue weighted by Gasteiger charge is -2.11. The Labute approximate surface area is 117 Å². The Kier molecular flexibility index (Phi) is 5.11. The van der Waals surface area contributed by atoms with Crippen molar-refractivity contribution in [3.05, 3.63) is 29.3 Å². The molecule has 0 saturated heterocycles. The van der Waals surface area contributed by atoms with Crippen LogP contribution in [0.5, 0.6) is 5.75 Å². The van der Waals surface area contributed by atoms with Gasteiger partial charge in [0.25, 0.3) is 0 Å². The van der Waals surface area contributed by atoms with Crippen LogP contribution in [-0.4, -0.2) is 32.4 Å². The van der Waals surface area contributed by atoms with E-state index in [2.05, 4.69) is 0 Å². The van der Waals surface area contributed by atoms with Crippen molar-refractivity contribution in [1.82, 2.24) is 0 Å². The first-order chi connectivity index (χ1) is 9.29. The van der Waals surface area contributed by atoms with E-state index in [0.29, 0.717) is 16.9 Å². The maximum Gasteiger partial charge on any atom is 0.307 e. The first-order valence-electron chi connectivity index (χ1n) is 5.79. The lowest BCUT2D eigenvalue weighted by atomic mass is 10.1. The van der Waals surface area contributed by atoms with Gasteiger partial charge in [-0.1, -0.05) is 6.92 Å². The van der Waals surface area contributed by atoms with Gasteiger partial charge in [-0.05, 0) is 18.2 Å². The molecule has 0 aliphatic carbocycles. The van der Waals surface area contributed by atoms with E-state index in [1.165, 1.54) is 32.2 Å². The first-order valence-corrected chi connectivity index (χ1v) is 7.61. The van der Waals surface area contributed by atoms with Gasteiger partial charge in [0, 0.05) is 5.56 Å². The molecule has 0 fully saturated rings. The summed E-state index contributed by atoms with van der Waals surface area (Å²) in [7, 11) is -2.21. The van der Waals surface area contributed by atoms with Crippen molar-refractivity contribution < 1.29 is 23.1 Å². The summed E-state index contributed by atoms with van der Waals surface area (Å²) in [5.41, 5.74) is 0.673. The molecule has 1 atom stereocenters. The van der Waals surface area contributed by atoms with Crippen LogP contribution in [0.25, 0.3) is 0 Å². The van der Waals surface area contributed by atoms with Gasteiger partial charge < -0.3 is 9.84 Å². The van der Waals surface area contributed by atoms with Gasteiger partial charge in [0.05, 0.1) is 36.2 Å². The molecule has 0 heterocycles. The van der Waals surface area contributed by atoms with E-state index in [1.807, 2.05) is 6.07 Å². The fourth-order valence-corrected chi connectivity index (χ4v) is 3.43. The number of carboxylic acid groups (broad SMARTS) is 1. The van der Waals surface area contributed by atoms with Crippen LogP contribution in [0.2, 0.25) is 0 Å². The third kappa shape index (κ3) is 4.24. The summed E-state index contributed by atoms with van der Waals surface area (Å²) < 4.78 is 29.0. The molecular weight excluding hydrogens is 282 g/mol. The standard InChI is InChI=1S/C13H15NO5S/c1-9(13(15)16)7-20(17,18)8-11-5-10(6-14)3-4-12(11)19-2/h3-5,9H,7-8H2,1-2H3,(H,15,16). The van der Waals surface area contributed by atoms with Crippen molar-refractivity contribution >= 4 is 15.8 Å². The molecule has 0 aromatic heterocycles. The van der Waals surface area contributed by atoms with Gasteiger partial charge >= 0.3 is 5.97 Å². The highest BCUT2D eigenvalue weighted by atomic mass is 32.2. The molecule has 108 valence electrons. The number of rotatable bonds is 6. The summed E-state index contributed by atoms with van der Waals surface area (Å²) in [6, 6.07) is 6.39. The van der Waals surface area contributed by atoms with Crippen LogP contribution >= 0.6 is 0 Å². The molecule has 0 saturated carbocycles. The second-order valence-corrected chi connectivity index (χ2v) is 6.54. The molecule has 0 spiro atoms. The Balaban J connectivity index is 3.03. The predicted molar refractivity (Wildman–Crippen MR) is 72.0 cm³/mol. The number of nitrogens with zero attached hydrogens (tertiary/aromatic N) is 1. The summed E-state index contributed by atoms with van der Waals surface area (Å²) in [5, 5.41) is 17.6. The van der Waals surface area contributed by atoms with Crippen LogP contribution in [0.3, 0.4) is 0 Å².